The van der Waals surface area contributed by atoms with E-state index in [9.17, 15) is 10.2 Å². The molecule has 0 amide bonds. The van der Waals surface area contributed by atoms with Gasteiger partial charge in [-0.25, -0.2) is 4.98 Å². The summed E-state index contributed by atoms with van der Waals surface area (Å²) in [5, 5.41) is 19.5. The molecule has 1 aromatic carbocycles. The maximum atomic E-state index is 10.2. The van der Waals surface area contributed by atoms with Crippen molar-refractivity contribution in [2.75, 3.05) is 0 Å². The van der Waals surface area contributed by atoms with E-state index >= 15 is 0 Å². The Hall–Kier alpha value is -1.53. The molecular formula is C15H17NO3S2. The molecule has 6 heteroatoms. The Kier molecular flexibility index (Phi) is 4.58. The number of para-hydroxylation sites is 2. The van der Waals surface area contributed by atoms with Crippen LogP contribution >= 0.6 is 24.4 Å². The van der Waals surface area contributed by atoms with Gasteiger partial charge in [0.25, 0.3) is 0 Å². The molecule has 0 bridgehead atoms. The number of aliphatic hydroxyl groups is 2. The summed E-state index contributed by atoms with van der Waals surface area (Å²) in [5.74, 6) is -0.231. The molecule has 21 heavy (non-hydrogen) atoms. The van der Waals surface area contributed by atoms with Gasteiger partial charge in [-0.3, -0.25) is 0 Å². The number of oxazole rings is 1. The lowest BCUT2D eigenvalue weighted by Crippen LogP contribution is -2.45. The highest BCUT2D eigenvalue weighted by atomic mass is 32.1. The average Bonchev–Trinajstić information content (AvgIpc) is 2.87. The topological polar surface area (TPSA) is 66.5 Å². The summed E-state index contributed by atoms with van der Waals surface area (Å²) >= 11 is 10.0. The minimum atomic E-state index is -1.09. The summed E-state index contributed by atoms with van der Waals surface area (Å²) in [6.45, 7) is 3.73. The van der Waals surface area contributed by atoms with Crippen LogP contribution in [0.5, 0.6) is 0 Å². The van der Waals surface area contributed by atoms with E-state index in [-0.39, 0.29) is 10.1 Å². The molecular weight excluding hydrogens is 306 g/mol. The van der Waals surface area contributed by atoms with E-state index in [0.717, 1.165) is 0 Å². The molecule has 0 fully saturated rings. The Balaban J connectivity index is 2.69. The summed E-state index contributed by atoms with van der Waals surface area (Å²) in [6.07, 6.45) is 0.941. The van der Waals surface area contributed by atoms with Crippen molar-refractivity contribution in [2.24, 2.45) is 5.92 Å². The third-order valence-corrected chi connectivity index (χ3v) is 4.56. The third-order valence-electron chi connectivity index (χ3n) is 3.92. The second kappa shape index (κ2) is 6.07. The molecule has 2 aromatic rings. The lowest BCUT2D eigenvalue weighted by molar-refractivity contribution is 0.285. The summed E-state index contributed by atoms with van der Waals surface area (Å²) in [4.78, 5) is 4.44. The smallest absolute Gasteiger partial charge is 0.211 e. The highest BCUT2D eigenvalue weighted by molar-refractivity contribution is 7.80. The van der Waals surface area contributed by atoms with E-state index in [1.807, 2.05) is 32.0 Å². The first-order chi connectivity index (χ1) is 9.97. The number of nitrogens with zero attached hydrogens (tertiary/aromatic N) is 1. The van der Waals surface area contributed by atoms with Crippen LogP contribution in [0, 0.1) is 5.92 Å². The molecule has 112 valence electrons. The molecule has 2 N–H and O–H groups in total. The normalized spacial score (nSPS) is 15.5. The first-order valence-electron chi connectivity index (χ1n) is 6.79. The molecule has 0 aliphatic carbocycles. The van der Waals surface area contributed by atoms with Gasteiger partial charge in [-0.1, -0.05) is 26.0 Å². The highest BCUT2D eigenvalue weighted by Gasteiger charge is 2.48. The van der Waals surface area contributed by atoms with Crippen molar-refractivity contribution < 1.29 is 14.6 Å². The summed E-state index contributed by atoms with van der Waals surface area (Å²) in [5.41, 5.74) is 0.204. The van der Waals surface area contributed by atoms with Gasteiger partial charge in [0.1, 0.15) is 10.9 Å². The molecule has 0 saturated heterocycles. The van der Waals surface area contributed by atoms with Crippen LogP contribution in [0.3, 0.4) is 0 Å². The fraction of sp³-hybridized carbons (Fsp3) is 0.400. The Bertz CT molecular complexity index is 649. The standard InChI is InChI=1S/C15H17NO3S2/c1-3-9(12(17)20)15(4-2,14(18)21)13-16-10-7-5-6-8-11(10)19-13/h5-9H,3-4H2,1-2H3,(H,17,20)(H,18,21). The van der Waals surface area contributed by atoms with Gasteiger partial charge >= 0.3 is 0 Å². The predicted molar refractivity (Wildman–Crippen MR) is 90.2 cm³/mol. The molecule has 4 nitrogen and oxygen atoms in total. The van der Waals surface area contributed by atoms with Crippen LogP contribution in [0.1, 0.15) is 32.6 Å². The van der Waals surface area contributed by atoms with Crippen LogP contribution in [0.15, 0.2) is 28.7 Å². The number of hydrogen-bond acceptors (Lipinski definition) is 4. The van der Waals surface area contributed by atoms with E-state index in [1.54, 1.807) is 6.07 Å². The molecule has 0 aliphatic heterocycles. The van der Waals surface area contributed by atoms with Crippen molar-refractivity contribution in [1.82, 2.24) is 4.98 Å². The molecule has 0 spiro atoms. The van der Waals surface area contributed by atoms with E-state index in [2.05, 4.69) is 4.98 Å². The predicted octanol–water partition coefficient (Wildman–Crippen LogP) is 4.27. The second-order valence-corrected chi connectivity index (χ2v) is 5.72. The van der Waals surface area contributed by atoms with Crippen LogP contribution < -0.4 is 0 Å². The molecule has 0 saturated carbocycles. The maximum absolute atomic E-state index is 10.2. The van der Waals surface area contributed by atoms with E-state index in [1.165, 1.54) is 0 Å². The molecule has 0 radical (unpaired) electrons. The lowest BCUT2D eigenvalue weighted by Gasteiger charge is -2.33. The second-order valence-electron chi connectivity index (χ2n) is 4.92. The first-order valence-corrected chi connectivity index (χ1v) is 7.61. The van der Waals surface area contributed by atoms with Gasteiger partial charge in [0.15, 0.2) is 15.7 Å². The van der Waals surface area contributed by atoms with Crippen molar-refractivity contribution in [3.05, 3.63) is 30.2 Å². The van der Waals surface area contributed by atoms with Crippen molar-refractivity contribution in [2.45, 2.75) is 32.1 Å². The Morgan fingerprint density at radius 3 is 2.43 bits per heavy atom. The van der Waals surface area contributed by atoms with Crippen molar-refractivity contribution >= 4 is 45.6 Å². The molecule has 2 unspecified atom stereocenters. The fourth-order valence-electron chi connectivity index (χ4n) is 2.74. The molecule has 0 aliphatic rings. The van der Waals surface area contributed by atoms with E-state index in [4.69, 9.17) is 28.9 Å². The number of thiocarbonyl (C=S) groups is 2. The van der Waals surface area contributed by atoms with Gasteiger partial charge in [0.05, 0.1) is 0 Å². The summed E-state index contributed by atoms with van der Waals surface area (Å²) < 4.78 is 5.79. The number of rotatable bonds is 6. The van der Waals surface area contributed by atoms with Gasteiger partial charge in [0, 0.05) is 5.92 Å². The zero-order valence-electron chi connectivity index (χ0n) is 11.9. The fourth-order valence-corrected chi connectivity index (χ4v) is 3.48. The Morgan fingerprint density at radius 2 is 1.95 bits per heavy atom. The largest absolute Gasteiger partial charge is 0.502 e. The first kappa shape index (κ1) is 15.9. The van der Waals surface area contributed by atoms with Gasteiger partial charge in [0.2, 0.25) is 5.89 Å². The monoisotopic (exact) mass is 323 g/mol. The minimum absolute atomic E-state index is 0.196. The van der Waals surface area contributed by atoms with Crippen molar-refractivity contribution in [1.29, 1.82) is 0 Å². The molecule has 1 heterocycles. The molecule has 2 atom stereocenters. The minimum Gasteiger partial charge on any atom is -0.502 e. The number of aromatic nitrogens is 1. The third kappa shape index (κ3) is 2.53. The van der Waals surface area contributed by atoms with Gasteiger partial charge in [-0.2, -0.15) is 0 Å². The van der Waals surface area contributed by atoms with Gasteiger partial charge in [-0.05, 0) is 49.4 Å². The van der Waals surface area contributed by atoms with Crippen LogP contribution in [0.2, 0.25) is 0 Å². The molecule has 2 rings (SSSR count). The SMILES string of the molecule is CCC(C(O)=S)C(CC)(C(O)=S)c1nc2ccccc2o1. The summed E-state index contributed by atoms with van der Waals surface area (Å²) in [7, 11) is 0. The summed E-state index contributed by atoms with van der Waals surface area (Å²) in [6, 6.07) is 7.32. The van der Waals surface area contributed by atoms with Crippen molar-refractivity contribution in [3.63, 3.8) is 0 Å². The van der Waals surface area contributed by atoms with Crippen LogP contribution in [-0.2, 0) is 5.41 Å². The van der Waals surface area contributed by atoms with Crippen LogP contribution in [0.25, 0.3) is 11.1 Å². The van der Waals surface area contributed by atoms with Crippen LogP contribution in [-0.4, -0.2) is 25.3 Å². The zero-order chi connectivity index (χ0) is 15.6. The lowest BCUT2D eigenvalue weighted by atomic mass is 9.72. The molecule has 1 aromatic heterocycles. The van der Waals surface area contributed by atoms with Gasteiger partial charge < -0.3 is 14.6 Å². The number of benzene rings is 1. The number of fused-ring (bicyclic) bond motifs is 1. The number of aliphatic hydroxyl groups excluding tert-OH is 2. The quantitative estimate of drug-likeness (QED) is 0.774. The zero-order valence-corrected chi connectivity index (χ0v) is 13.5. The van der Waals surface area contributed by atoms with Crippen LogP contribution in [0.4, 0.5) is 0 Å². The van der Waals surface area contributed by atoms with Gasteiger partial charge in [-0.15, -0.1) is 0 Å². The van der Waals surface area contributed by atoms with E-state index < -0.39 is 11.3 Å². The maximum Gasteiger partial charge on any atom is 0.211 e. The Labute approximate surface area is 133 Å². The highest BCUT2D eigenvalue weighted by Crippen LogP contribution is 2.40. The Morgan fingerprint density at radius 1 is 1.29 bits per heavy atom. The average molecular weight is 323 g/mol. The van der Waals surface area contributed by atoms with E-state index in [0.29, 0.717) is 29.8 Å². The van der Waals surface area contributed by atoms with Crippen molar-refractivity contribution in [3.8, 4) is 0 Å². The number of hydrogen-bond donors (Lipinski definition) is 2.